The maximum absolute atomic E-state index is 12.3. The lowest BCUT2D eigenvalue weighted by Gasteiger charge is -2.39. The quantitative estimate of drug-likeness (QED) is 0.473. The van der Waals surface area contributed by atoms with E-state index in [2.05, 4.69) is 20.5 Å². The van der Waals surface area contributed by atoms with Gasteiger partial charge >= 0.3 is 6.09 Å². The molecule has 0 aliphatic carbocycles. The SMILES string of the molecule is CC(C)(C)OC(=O)N1CCN2C(NCCNC(=O)c3ccccc3)=NCC2C1.I. The molecule has 8 nitrogen and oxygen atoms in total. The number of halogens is 1. The number of nitrogens with one attached hydrogen (secondary N) is 2. The molecule has 1 saturated heterocycles. The Kier molecular flexibility index (Phi) is 8.12. The molecule has 9 heteroatoms. The first kappa shape index (κ1) is 23.2. The van der Waals surface area contributed by atoms with Crippen LogP contribution in [0, 0.1) is 0 Å². The molecule has 0 aromatic heterocycles. The van der Waals surface area contributed by atoms with Gasteiger partial charge in [-0.1, -0.05) is 18.2 Å². The van der Waals surface area contributed by atoms with E-state index in [1.54, 1.807) is 17.0 Å². The van der Waals surface area contributed by atoms with Gasteiger partial charge in [0.05, 0.1) is 12.6 Å². The average molecular weight is 515 g/mol. The summed E-state index contributed by atoms with van der Waals surface area (Å²) in [4.78, 5) is 32.8. The number of ether oxygens (including phenoxy) is 1. The number of piperazine rings is 1. The van der Waals surface area contributed by atoms with Gasteiger partial charge in [0.15, 0.2) is 5.96 Å². The van der Waals surface area contributed by atoms with Crippen LogP contribution in [0.15, 0.2) is 35.3 Å². The highest BCUT2D eigenvalue weighted by Crippen LogP contribution is 2.18. The number of guanidine groups is 1. The van der Waals surface area contributed by atoms with Crippen molar-refractivity contribution >= 4 is 41.9 Å². The molecule has 1 fully saturated rings. The molecule has 1 unspecified atom stereocenters. The first-order valence-corrected chi connectivity index (χ1v) is 9.69. The molecule has 1 aromatic carbocycles. The topological polar surface area (TPSA) is 86.3 Å². The highest BCUT2D eigenvalue weighted by molar-refractivity contribution is 14.0. The number of carbonyl (C=O) groups excluding carboxylic acids is 2. The predicted molar refractivity (Wildman–Crippen MR) is 123 cm³/mol. The van der Waals surface area contributed by atoms with E-state index >= 15 is 0 Å². The second-order valence-corrected chi connectivity index (χ2v) is 7.99. The molecule has 3 rings (SSSR count). The Labute approximate surface area is 189 Å². The van der Waals surface area contributed by atoms with Crippen LogP contribution >= 0.6 is 24.0 Å². The lowest BCUT2D eigenvalue weighted by atomic mass is 10.2. The molecule has 0 spiro atoms. The minimum absolute atomic E-state index is 0. The van der Waals surface area contributed by atoms with E-state index < -0.39 is 5.60 Å². The van der Waals surface area contributed by atoms with Crippen LogP contribution in [0.4, 0.5) is 4.79 Å². The van der Waals surface area contributed by atoms with Crippen molar-refractivity contribution in [1.82, 2.24) is 20.4 Å². The normalized spacial score (nSPS) is 18.3. The van der Waals surface area contributed by atoms with E-state index in [0.717, 1.165) is 5.96 Å². The maximum Gasteiger partial charge on any atom is 0.410 e. The fourth-order valence-corrected chi connectivity index (χ4v) is 3.26. The number of nitrogens with zero attached hydrogens (tertiary/aromatic N) is 3. The smallest absolute Gasteiger partial charge is 0.410 e. The minimum atomic E-state index is -0.489. The molecule has 0 saturated carbocycles. The van der Waals surface area contributed by atoms with Crippen LogP contribution in [0.5, 0.6) is 0 Å². The molecule has 2 heterocycles. The molecule has 1 atom stereocenters. The Hall–Kier alpha value is -2.04. The highest BCUT2D eigenvalue weighted by Gasteiger charge is 2.36. The Morgan fingerprint density at radius 3 is 2.59 bits per heavy atom. The Balaban J connectivity index is 0.00000300. The van der Waals surface area contributed by atoms with Gasteiger partial charge in [-0.15, -0.1) is 24.0 Å². The van der Waals surface area contributed by atoms with Crippen molar-refractivity contribution < 1.29 is 14.3 Å². The van der Waals surface area contributed by atoms with Gasteiger partial charge in [0.1, 0.15) is 5.60 Å². The van der Waals surface area contributed by atoms with Gasteiger partial charge in [-0.2, -0.15) is 0 Å². The first-order valence-electron chi connectivity index (χ1n) is 9.69. The third kappa shape index (κ3) is 6.48. The lowest BCUT2D eigenvalue weighted by Crippen LogP contribution is -2.57. The van der Waals surface area contributed by atoms with E-state index in [9.17, 15) is 9.59 Å². The largest absolute Gasteiger partial charge is 0.444 e. The van der Waals surface area contributed by atoms with Gasteiger partial charge in [-0.25, -0.2) is 4.79 Å². The molecule has 0 radical (unpaired) electrons. The maximum atomic E-state index is 12.3. The van der Waals surface area contributed by atoms with Crippen molar-refractivity contribution in [3.8, 4) is 0 Å². The summed E-state index contributed by atoms with van der Waals surface area (Å²) in [7, 11) is 0. The van der Waals surface area contributed by atoms with Crippen LogP contribution in [-0.2, 0) is 4.74 Å². The summed E-state index contributed by atoms with van der Waals surface area (Å²) in [6.07, 6.45) is -0.266. The van der Waals surface area contributed by atoms with Crippen molar-refractivity contribution in [3.63, 3.8) is 0 Å². The summed E-state index contributed by atoms with van der Waals surface area (Å²) < 4.78 is 5.47. The number of fused-ring (bicyclic) bond motifs is 1. The number of aliphatic imine (C=N–C) groups is 1. The van der Waals surface area contributed by atoms with Gasteiger partial charge in [-0.3, -0.25) is 9.79 Å². The number of hydrogen-bond acceptors (Lipinski definition) is 6. The highest BCUT2D eigenvalue weighted by atomic mass is 127. The van der Waals surface area contributed by atoms with Crippen molar-refractivity contribution in [1.29, 1.82) is 0 Å². The summed E-state index contributed by atoms with van der Waals surface area (Å²) >= 11 is 0. The van der Waals surface area contributed by atoms with Gasteiger partial charge < -0.3 is 25.2 Å². The molecule has 1 aromatic rings. The van der Waals surface area contributed by atoms with E-state index in [1.165, 1.54) is 0 Å². The first-order chi connectivity index (χ1) is 13.3. The summed E-state index contributed by atoms with van der Waals surface area (Å²) in [5.74, 6) is 0.752. The minimum Gasteiger partial charge on any atom is -0.444 e. The van der Waals surface area contributed by atoms with Crippen LogP contribution in [0.2, 0.25) is 0 Å². The van der Waals surface area contributed by atoms with Crippen molar-refractivity contribution in [2.75, 3.05) is 39.3 Å². The third-order valence-corrected chi connectivity index (χ3v) is 4.59. The zero-order valence-corrected chi connectivity index (χ0v) is 19.5. The molecule has 29 heavy (non-hydrogen) atoms. The number of benzene rings is 1. The summed E-state index contributed by atoms with van der Waals surface area (Å²) in [6, 6.07) is 9.32. The van der Waals surface area contributed by atoms with E-state index in [-0.39, 0.29) is 42.0 Å². The molecule has 0 bridgehead atoms. The van der Waals surface area contributed by atoms with E-state index in [1.807, 2.05) is 39.0 Å². The summed E-state index contributed by atoms with van der Waals surface area (Å²) in [5, 5.41) is 6.19. The second kappa shape index (κ2) is 10.1. The van der Waals surface area contributed by atoms with E-state index in [0.29, 0.717) is 44.8 Å². The average Bonchev–Trinajstić information content (AvgIpc) is 3.06. The van der Waals surface area contributed by atoms with Crippen LogP contribution in [0.1, 0.15) is 31.1 Å². The molecule has 2 aliphatic rings. The number of rotatable bonds is 4. The van der Waals surface area contributed by atoms with Crippen molar-refractivity contribution in [2.45, 2.75) is 32.4 Å². The molecular weight excluding hydrogens is 485 g/mol. The number of amides is 2. The zero-order chi connectivity index (χ0) is 20.1. The Bertz CT molecular complexity index is 735. The van der Waals surface area contributed by atoms with Crippen LogP contribution in [0.25, 0.3) is 0 Å². The summed E-state index contributed by atoms with van der Waals surface area (Å²) in [5.41, 5.74) is 0.163. The van der Waals surface area contributed by atoms with Gasteiger partial charge in [0.2, 0.25) is 0 Å². The van der Waals surface area contributed by atoms with Gasteiger partial charge in [0.25, 0.3) is 5.91 Å². The predicted octanol–water partition coefficient (Wildman–Crippen LogP) is 1.91. The Morgan fingerprint density at radius 2 is 1.90 bits per heavy atom. The zero-order valence-electron chi connectivity index (χ0n) is 17.2. The van der Waals surface area contributed by atoms with Crippen molar-refractivity contribution in [2.24, 2.45) is 4.99 Å². The standard InChI is InChI=1S/C20H29N5O3.HI/c1-20(2,3)28-19(27)24-11-12-25-16(14-24)13-23-18(25)22-10-9-21-17(26)15-7-5-4-6-8-15;/h4-8,16H,9-14H2,1-3H3,(H,21,26)(H,22,23);1H. The molecule has 2 aliphatic heterocycles. The fourth-order valence-electron chi connectivity index (χ4n) is 3.26. The van der Waals surface area contributed by atoms with Gasteiger partial charge in [-0.05, 0) is 32.9 Å². The second-order valence-electron chi connectivity index (χ2n) is 7.99. The van der Waals surface area contributed by atoms with Crippen LogP contribution in [-0.4, -0.2) is 78.7 Å². The van der Waals surface area contributed by atoms with E-state index in [4.69, 9.17) is 4.74 Å². The summed E-state index contributed by atoms with van der Waals surface area (Å²) in [6.45, 7) is 9.30. The third-order valence-electron chi connectivity index (χ3n) is 4.59. The number of carbonyl (C=O) groups is 2. The Morgan fingerprint density at radius 1 is 1.17 bits per heavy atom. The monoisotopic (exact) mass is 515 g/mol. The lowest BCUT2D eigenvalue weighted by molar-refractivity contribution is 0.0137. The van der Waals surface area contributed by atoms with Crippen LogP contribution < -0.4 is 10.6 Å². The van der Waals surface area contributed by atoms with Crippen LogP contribution in [0.3, 0.4) is 0 Å². The molecule has 2 amide bonds. The molecule has 2 N–H and O–H groups in total. The van der Waals surface area contributed by atoms with Crippen molar-refractivity contribution in [3.05, 3.63) is 35.9 Å². The molecule has 160 valence electrons. The number of hydrogen-bond donors (Lipinski definition) is 2. The van der Waals surface area contributed by atoms with Gasteiger partial charge in [0, 0.05) is 38.3 Å². The molecular formula is C20H30IN5O3. The fraction of sp³-hybridized carbons (Fsp3) is 0.550.